The summed E-state index contributed by atoms with van der Waals surface area (Å²) < 4.78 is 0. The molecule has 2 nitrogen and oxygen atoms in total. The summed E-state index contributed by atoms with van der Waals surface area (Å²) in [6, 6.07) is 6.17. The van der Waals surface area contributed by atoms with Gasteiger partial charge >= 0.3 is 0 Å². The number of H-pyrrole nitrogens is 1. The Balaban J connectivity index is 2.84. The predicted molar refractivity (Wildman–Crippen MR) is 50.9 cm³/mol. The minimum absolute atomic E-state index is 0.607. The SMILES string of the molecule is Cc1c[nH]c2cccc(CN)c12. The molecule has 0 radical (unpaired) electrons. The maximum absolute atomic E-state index is 5.63. The zero-order chi connectivity index (χ0) is 8.55. The van der Waals surface area contributed by atoms with Crippen molar-refractivity contribution >= 4 is 10.9 Å². The molecule has 0 saturated heterocycles. The molecule has 0 aliphatic rings. The van der Waals surface area contributed by atoms with Crippen LogP contribution < -0.4 is 5.73 Å². The Morgan fingerprint density at radius 1 is 1.42 bits per heavy atom. The predicted octanol–water partition coefficient (Wildman–Crippen LogP) is 1.94. The van der Waals surface area contributed by atoms with Gasteiger partial charge in [0.2, 0.25) is 0 Å². The van der Waals surface area contributed by atoms with Crippen molar-refractivity contribution in [2.75, 3.05) is 0 Å². The van der Waals surface area contributed by atoms with Gasteiger partial charge in [0.25, 0.3) is 0 Å². The number of rotatable bonds is 1. The zero-order valence-corrected chi connectivity index (χ0v) is 7.09. The first-order chi connectivity index (χ1) is 5.83. The molecule has 0 aliphatic carbocycles. The van der Waals surface area contributed by atoms with Crippen LogP contribution in [-0.4, -0.2) is 4.98 Å². The van der Waals surface area contributed by atoms with E-state index in [9.17, 15) is 0 Å². The van der Waals surface area contributed by atoms with E-state index in [-0.39, 0.29) is 0 Å². The van der Waals surface area contributed by atoms with Crippen molar-refractivity contribution in [2.45, 2.75) is 13.5 Å². The number of nitrogens with two attached hydrogens (primary N) is 1. The Kier molecular flexibility index (Phi) is 1.62. The highest BCUT2D eigenvalue weighted by Crippen LogP contribution is 2.21. The second-order valence-electron chi connectivity index (χ2n) is 3.02. The Morgan fingerprint density at radius 3 is 3.00 bits per heavy atom. The van der Waals surface area contributed by atoms with Crippen LogP contribution in [-0.2, 0) is 6.54 Å². The third-order valence-corrected chi connectivity index (χ3v) is 2.21. The standard InChI is InChI=1S/C10H12N2/c1-7-6-12-9-4-2-3-8(5-11)10(7)9/h2-4,6,12H,5,11H2,1H3. The molecular formula is C10H12N2. The van der Waals surface area contributed by atoms with Crippen LogP contribution in [0.3, 0.4) is 0 Å². The van der Waals surface area contributed by atoms with Crippen LogP contribution in [0.2, 0.25) is 0 Å². The number of hydrogen-bond donors (Lipinski definition) is 2. The van der Waals surface area contributed by atoms with Crippen molar-refractivity contribution in [1.29, 1.82) is 0 Å². The number of aromatic amines is 1. The monoisotopic (exact) mass is 160 g/mol. The Morgan fingerprint density at radius 2 is 2.25 bits per heavy atom. The van der Waals surface area contributed by atoms with Gasteiger partial charge in [0.15, 0.2) is 0 Å². The van der Waals surface area contributed by atoms with Crippen LogP contribution in [0.5, 0.6) is 0 Å². The third kappa shape index (κ3) is 0.924. The quantitative estimate of drug-likeness (QED) is 0.657. The molecule has 0 amide bonds. The van der Waals surface area contributed by atoms with Crippen LogP contribution in [0.1, 0.15) is 11.1 Å². The fourth-order valence-corrected chi connectivity index (χ4v) is 1.61. The molecule has 1 aromatic carbocycles. The molecule has 62 valence electrons. The maximum Gasteiger partial charge on any atom is 0.0459 e. The van der Waals surface area contributed by atoms with Gasteiger partial charge < -0.3 is 10.7 Å². The summed E-state index contributed by atoms with van der Waals surface area (Å²) in [4.78, 5) is 3.21. The van der Waals surface area contributed by atoms with Gasteiger partial charge in [0.05, 0.1) is 0 Å². The lowest BCUT2D eigenvalue weighted by molar-refractivity contribution is 1.09. The van der Waals surface area contributed by atoms with E-state index >= 15 is 0 Å². The molecule has 3 N–H and O–H groups in total. The van der Waals surface area contributed by atoms with Crippen LogP contribution >= 0.6 is 0 Å². The average molecular weight is 160 g/mol. The Hall–Kier alpha value is -1.28. The van der Waals surface area contributed by atoms with Crippen LogP contribution in [0.15, 0.2) is 24.4 Å². The van der Waals surface area contributed by atoms with Crippen molar-refractivity contribution in [3.05, 3.63) is 35.5 Å². The Labute approximate surface area is 71.4 Å². The molecule has 0 spiro atoms. The van der Waals surface area contributed by atoms with Gasteiger partial charge in [-0.15, -0.1) is 0 Å². The number of benzene rings is 1. The molecular weight excluding hydrogens is 148 g/mol. The van der Waals surface area contributed by atoms with Crippen molar-refractivity contribution in [3.8, 4) is 0 Å². The molecule has 0 saturated carbocycles. The molecule has 0 aliphatic heterocycles. The zero-order valence-electron chi connectivity index (χ0n) is 7.09. The third-order valence-electron chi connectivity index (χ3n) is 2.21. The van der Waals surface area contributed by atoms with Gasteiger partial charge in [-0.25, -0.2) is 0 Å². The fraction of sp³-hybridized carbons (Fsp3) is 0.200. The van der Waals surface area contributed by atoms with E-state index < -0.39 is 0 Å². The number of aromatic nitrogens is 1. The highest BCUT2D eigenvalue weighted by atomic mass is 14.7. The lowest BCUT2D eigenvalue weighted by Crippen LogP contribution is -1.96. The molecule has 1 aromatic heterocycles. The lowest BCUT2D eigenvalue weighted by Gasteiger charge is -1.99. The van der Waals surface area contributed by atoms with E-state index in [0.717, 1.165) is 0 Å². The first-order valence-corrected chi connectivity index (χ1v) is 4.08. The first kappa shape index (κ1) is 7.37. The van der Waals surface area contributed by atoms with Gasteiger partial charge in [0.1, 0.15) is 0 Å². The largest absolute Gasteiger partial charge is 0.361 e. The van der Waals surface area contributed by atoms with Crippen LogP contribution in [0.4, 0.5) is 0 Å². The van der Waals surface area contributed by atoms with Gasteiger partial charge in [-0.05, 0) is 24.1 Å². The van der Waals surface area contributed by atoms with Crippen LogP contribution in [0, 0.1) is 6.92 Å². The fourth-order valence-electron chi connectivity index (χ4n) is 1.61. The van der Waals surface area contributed by atoms with E-state index in [1.54, 1.807) is 0 Å². The summed E-state index contributed by atoms with van der Waals surface area (Å²) in [5.41, 5.74) is 9.29. The summed E-state index contributed by atoms with van der Waals surface area (Å²) in [5, 5.41) is 1.28. The number of aryl methyl sites for hydroxylation is 1. The second-order valence-corrected chi connectivity index (χ2v) is 3.02. The van der Waals surface area contributed by atoms with E-state index in [1.165, 1.54) is 22.0 Å². The molecule has 12 heavy (non-hydrogen) atoms. The van der Waals surface area contributed by atoms with Crippen molar-refractivity contribution in [2.24, 2.45) is 5.73 Å². The van der Waals surface area contributed by atoms with Crippen molar-refractivity contribution in [3.63, 3.8) is 0 Å². The molecule has 0 bridgehead atoms. The highest BCUT2D eigenvalue weighted by molar-refractivity contribution is 5.86. The topological polar surface area (TPSA) is 41.8 Å². The summed E-state index contributed by atoms with van der Waals surface area (Å²) >= 11 is 0. The first-order valence-electron chi connectivity index (χ1n) is 4.08. The van der Waals surface area contributed by atoms with Crippen molar-refractivity contribution < 1.29 is 0 Å². The smallest absolute Gasteiger partial charge is 0.0459 e. The van der Waals surface area contributed by atoms with Gasteiger partial charge in [-0.3, -0.25) is 0 Å². The summed E-state index contributed by atoms with van der Waals surface area (Å²) in [7, 11) is 0. The summed E-state index contributed by atoms with van der Waals surface area (Å²) in [6.45, 7) is 2.70. The second kappa shape index (κ2) is 2.64. The van der Waals surface area contributed by atoms with Crippen LogP contribution in [0.25, 0.3) is 10.9 Å². The molecule has 2 rings (SSSR count). The lowest BCUT2D eigenvalue weighted by atomic mass is 10.1. The van der Waals surface area contributed by atoms with Crippen molar-refractivity contribution in [1.82, 2.24) is 4.98 Å². The molecule has 2 heteroatoms. The van der Waals surface area contributed by atoms with E-state index in [2.05, 4.69) is 24.0 Å². The average Bonchev–Trinajstić information content (AvgIpc) is 2.48. The van der Waals surface area contributed by atoms with Gasteiger partial charge in [-0.1, -0.05) is 12.1 Å². The Bertz CT molecular complexity index is 401. The molecule has 0 atom stereocenters. The molecule has 1 heterocycles. The number of nitrogens with one attached hydrogen (secondary N) is 1. The number of hydrogen-bond acceptors (Lipinski definition) is 1. The molecule has 2 aromatic rings. The summed E-state index contributed by atoms with van der Waals surface area (Å²) in [6.07, 6.45) is 2.02. The highest BCUT2D eigenvalue weighted by Gasteiger charge is 2.02. The minimum Gasteiger partial charge on any atom is -0.361 e. The summed E-state index contributed by atoms with van der Waals surface area (Å²) in [5.74, 6) is 0. The van der Waals surface area contributed by atoms with E-state index in [4.69, 9.17) is 5.73 Å². The van der Waals surface area contributed by atoms with E-state index in [1.807, 2.05) is 12.3 Å². The minimum atomic E-state index is 0.607. The normalized spacial score (nSPS) is 10.8. The molecule has 0 fully saturated rings. The molecule has 0 unspecified atom stereocenters. The van der Waals surface area contributed by atoms with E-state index in [0.29, 0.717) is 6.54 Å². The maximum atomic E-state index is 5.63. The number of fused-ring (bicyclic) bond motifs is 1. The van der Waals surface area contributed by atoms with Gasteiger partial charge in [0, 0.05) is 23.6 Å². The van der Waals surface area contributed by atoms with Gasteiger partial charge in [-0.2, -0.15) is 0 Å².